The van der Waals surface area contributed by atoms with Crippen molar-refractivity contribution in [1.82, 2.24) is 4.90 Å². The third-order valence-corrected chi connectivity index (χ3v) is 4.58. The van der Waals surface area contributed by atoms with Gasteiger partial charge in [-0.1, -0.05) is 36.2 Å². The molecule has 21 heavy (non-hydrogen) atoms. The van der Waals surface area contributed by atoms with Crippen LogP contribution in [0.4, 0.5) is 0 Å². The molecule has 1 heterocycles. The molecule has 0 saturated carbocycles. The summed E-state index contributed by atoms with van der Waals surface area (Å²) in [4.78, 5) is 26.8. The highest BCUT2D eigenvalue weighted by Gasteiger charge is 2.40. The Morgan fingerprint density at radius 1 is 1.19 bits per heavy atom. The van der Waals surface area contributed by atoms with Crippen LogP contribution in [0.25, 0.3) is 5.57 Å². The van der Waals surface area contributed by atoms with Gasteiger partial charge in [-0.3, -0.25) is 14.5 Å². The summed E-state index contributed by atoms with van der Waals surface area (Å²) >= 11 is 13.5. The number of imide groups is 1. The van der Waals surface area contributed by atoms with Crippen LogP contribution in [0.5, 0.6) is 0 Å². The van der Waals surface area contributed by atoms with Crippen molar-refractivity contribution in [3.05, 3.63) is 38.7 Å². The zero-order valence-electron chi connectivity index (χ0n) is 11.9. The quantitative estimate of drug-likeness (QED) is 0.767. The van der Waals surface area contributed by atoms with E-state index in [1.807, 2.05) is 20.8 Å². The normalized spacial score (nSPS) is 15.6. The van der Waals surface area contributed by atoms with Gasteiger partial charge in [0.15, 0.2) is 0 Å². The molecular formula is C15H15Cl2NO2S. The van der Waals surface area contributed by atoms with E-state index in [1.165, 1.54) is 16.7 Å². The Kier molecular flexibility index (Phi) is 5.02. The van der Waals surface area contributed by atoms with E-state index in [-0.39, 0.29) is 17.9 Å². The lowest BCUT2D eigenvalue weighted by molar-refractivity contribution is -0.138. The van der Waals surface area contributed by atoms with Gasteiger partial charge in [-0.05, 0) is 31.7 Å². The third kappa shape index (κ3) is 2.98. The molecule has 1 aromatic rings. The summed E-state index contributed by atoms with van der Waals surface area (Å²) in [5, 5.41) is 0.866. The van der Waals surface area contributed by atoms with E-state index in [4.69, 9.17) is 23.2 Å². The van der Waals surface area contributed by atoms with E-state index < -0.39 is 0 Å². The van der Waals surface area contributed by atoms with Crippen LogP contribution in [0.15, 0.2) is 23.1 Å². The van der Waals surface area contributed by atoms with Crippen molar-refractivity contribution in [2.24, 2.45) is 0 Å². The molecule has 0 saturated heterocycles. The van der Waals surface area contributed by atoms with Crippen LogP contribution in [0, 0.1) is 0 Å². The summed E-state index contributed by atoms with van der Waals surface area (Å²) in [5.41, 5.74) is 0.931. The highest BCUT2D eigenvalue weighted by molar-refractivity contribution is 8.04. The van der Waals surface area contributed by atoms with Gasteiger partial charge in [0.2, 0.25) is 0 Å². The number of rotatable bonds is 4. The van der Waals surface area contributed by atoms with Crippen molar-refractivity contribution < 1.29 is 9.59 Å². The molecule has 112 valence electrons. The molecule has 0 aliphatic carbocycles. The molecule has 2 rings (SSSR count). The maximum Gasteiger partial charge on any atom is 0.268 e. The topological polar surface area (TPSA) is 37.4 Å². The van der Waals surface area contributed by atoms with E-state index in [9.17, 15) is 9.59 Å². The monoisotopic (exact) mass is 343 g/mol. The Labute approximate surface area is 138 Å². The SMILES string of the molecule is CCSC1=C(c2ccc(Cl)cc2Cl)C(=O)N(C(C)C)C1=O. The summed E-state index contributed by atoms with van der Waals surface area (Å²) in [7, 11) is 0. The Hall–Kier alpha value is -0.970. The van der Waals surface area contributed by atoms with Crippen molar-refractivity contribution in [3.63, 3.8) is 0 Å². The lowest BCUT2D eigenvalue weighted by Crippen LogP contribution is -2.37. The van der Waals surface area contributed by atoms with Crippen molar-refractivity contribution in [2.75, 3.05) is 5.75 Å². The van der Waals surface area contributed by atoms with Crippen molar-refractivity contribution in [2.45, 2.75) is 26.8 Å². The lowest BCUT2D eigenvalue weighted by atomic mass is 10.1. The Bertz CT molecular complexity index is 641. The fraction of sp³-hybridized carbons (Fsp3) is 0.333. The molecule has 0 radical (unpaired) electrons. The van der Waals surface area contributed by atoms with Gasteiger partial charge in [0.25, 0.3) is 11.8 Å². The van der Waals surface area contributed by atoms with Crippen molar-refractivity contribution in [3.8, 4) is 0 Å². The highest BCUT2D eigenvalue weighted by atomic mass is 35.5. The zero-order valence-corrected chi connectivity index (χ0v) is 14.3. The van der Waals surface area contributed by atoms with Crippen molar-refractivity contribution in [1.29, 1.82) is 0 Å². The van der Waals surface area contributed by atoms with Crippen LogP contribution in [-0.2, 0) is 9.59 Å². The van der Waals surface area contributed by atoms with Gasteiger partial charge >= 0.3 is 0 Å². The third-order valence-electron chi connectivity index (χ3n) is 3.08. The molecule has 1 aliphatic rings. The molecule has 3 nitrogen and oxygen atoms in total. The largest absolute Gasteiger partial charge is 0.271 e. The number of nitrogens with zero attached hydrogens (tertiary/aromatic N) is 1. The van der Waals surface area contributed by atoms with Gasteiger partial charge in [0, 0.05) is 16.6 Å². The lowest BCUT2D eigenvalue weighted by Gasteiger charge is -2.19. The van der Waals surface area contributed by atoms with E-state index >= 15 is 0 Å². The molecule has 0 spiro atoms. The molecule has 1 aromatic carbocycles. The number of thioether (sulfide) groups is 1. The minimum Gasteiger partial charge on any atom is -0.271 e. The first-order valence-corrected chi connectivity index (χ1v) is 8.33. The Morgan fingerprint density at radius 3 is 2.38 bits per heavy atom. The summed E-state index contributed by atoms with van der Waals surface area (Å²) < 4.78 is 0. The van der Waals surface area contributed by atoms with Crippen LogP contribution in [0.2, 0.25) is 10.0 Å². The number of carbonyl (C=O) groups excluding carboxylic acids is 2. The summed E-state index contributed by atoms with van der Waals surface area (Å²) in [5.74, 6) is 0.160. The van der Waals surface area contributed by atoms with Crippen LogP contribution in [0.1, 0.15) is 26.3 Å². The Morgan fingerprint density at radius 2 is 1.86 bits per heavy atom. The molecule has 0 bridgehead atoms. The first-order chi connectivity index (χ1) is 9.88. The maximum atomic E-state index is 12.6. The number of halogens is 2. The van der Waals surface area contributed by atoms with Crippen LogP contribution in [0.3, 0.4) is 0 Å². The zero-order chi connectivity index (χ0) is 15.7. The molecule has 1 aliphatic heterocycles. The van der Waals surface area contributed by atoms with Crippen LogP contribution < -0.4 is 0 Å². The summed E-state index contributed by atoms with van der Waals surface area (Å²) in [6.45, 7) is 5.57. The second-order valence-corrected chi connectivity index (χ2v) is 6.95. The van der Waals surface area contributed by atoms with E-state index in [1.54, 1.807) is 18.2 Å². The average Bonchev–Trinajstić information content (AvgIpc) is 2.62. The average molecular weight is 344 g/mol. The molecule has 0 aromatic heterocycles. The first kappa shape index (κ1) is 16.4. The van der Waals surface area contributed by atoms with Gasteiger partial charge in [0.1, 0.15) is 0 Å². The number of hydrogen-bond acceptors (Lipinski definition) is 3. The molecule has 0 unspecified atom stereocenters. The molecule has 2 amide bonds. The predicted molar refractivity (Wildman–Crippen MR) is 88.5 cm³/mol. The van der Waals surface area contributed by atoms with E-state index in [0.29, 0.717) is 31.8 Å². The van der Waals surface area contributed by atoms with Gasteiger partial charge in [-0.2, -0.15) is 0 Å². The van der Waals surface area contributed by atoms with E-state index in [2.05, 4.69) is 0 Å². The van der Waals surface area contributed by atoms with Gasteiger partial charge in [-0.25, -0.2) is 0 Å². The standard InChI is InChI=1S/C15H15Cl2NO2S/c1-4-21-13-12(10-6-5-9(16)7-11(10)17)14(19)18(8(2)3)15(13)20/h5-8H,4H2,1-3H3. The van der Waals surface area contributed by atoms with E-state index in [0.717, 1.165) is 0 Å². The first-order valence-electron chi connectivity index (χ1n) is 6.58. The predicted octanol–water partition coefficient (Wildman–Crippen LogP) is 4.23. The minimum absolute atomic E-state index is 0.193. The van der Waals surface area contributed by atoms with Crippen molar-refractivity contribution >= 4 is 52.4 Å². The number of carbonyl (C=O) groups is 2. The highest BCUT2D eigenvalue weighted by Crippen LogP contribution is 2.39. The summed E-state index contributed by atoms with van der Waals surface area (Å²) in [6.07, 6.45) is 0. The number of amides is 2. The molecule has 0 atom stereocenters. The van der Waals surface area contributed by atoms with Gasteiger partial charge < -0.3 is 0 Å². The molecular weight excluding hydrogens is 329 g/mol. The maximum absolute atomic E-state index is 12.6. The Balaban J connectivity index is 2.60. The van der Waals surface area contributed by atoms with Crippen LogP contribution >= 0.6 is 35.0 Å². The fourth-order valence-electron chi connectivity index (χ4n) is 2.20. The van der Waals surface area contributed by atoms with Gasteiger partial charge in [-0.15, -0.1) is 11.8 Å². The fourth-order valence-corrected chi connectivity index (χ4v) is 3.56. The van der Waals surface area contributed by atoms with Crippen LogP contribution in [-0.4, -0.2) is 28.5 Å². The smallest absolute Gasteiger partial charge is 0.268 e. The molecule has 6 heteroatoms. The second kappa shape index (κ2) is 6.42. The molecule has 0 fully saturated rings. The number of benzene rings is 1. The second-order valence-electron chi connectivity index (χ2n) is 4.84. The minimum atomic E-state index is -0.296. The number of hydrogen-bond donors (Lipinski definition) is 0. The van der Waals surface area contributed by atoms with Gasteiger partial charge in [0.05, 0.1) is 15.5 Å². The summed E-state index contributed by atoms with van der Waals surface area (Å²) in [6, 6.07) is 4.74. The molecule has 0 N–H and O–H groups in total.